The van der Waals surface area contributed by atoms with Crippen molar-refractivity contribution in [1.29, 1.82) is 0 Å². The van der Waals surface area contributed by atoms with E-state index in [0.29, 0.717) is 12.0 Å². The molecule has 0 saturated carbocycles. The predicted octanol–water partition coefficient (Wildman–Crippen LogP) is 4.35. The maximum Gasteiger partial charge on any atom is 0.404 e. The number of methoxy groups -OCH3 is 2. The standard InChI is InChI=1S/C44H71NO14/c1-12-14-34-27(6)37(56-38-21-33(48)41(30(9)55-38)58-43(45)51)22-44(52,59-34)29(8)39(49)28(7)40-35(53-10)16-13-15-23(2)17-25(4)31(46)20-32(47)26(5)18-24(3)19-36(54-11)42(50)57-40/h12-16,18-19,25-35,37-41,46-49,52H,17,20-22H2,1-11H3,(H2,45,51)/b14-12+,16-13-,23-15-,24-18-,36-19+/t25-,26-,27-,28+,29+,30?,31-,32+,33?,34-,35+,37?,38?,39-,40-,41?,44-/m1/s1. The van der Waals surface area contributed by atoms with Gasteiger partial charge in [-0.3, -0.25) is 0 Å². The summed E-state index contributed by atoms with van der Waals surface area (Å²) in [5.41, 5.74) is 6.77. The van der Waals surface area contributed by atoms with E-state index in [9.17, 15) is 35.1 Å². The van der Waals surface area contributed by atoms with Crippen LogP contribution >= 0.6 is 0 Å². The van der Waals surface area contributed by atoms with Gasteiger partial charge in [0.05, 0.1) is 49.8 Å². The molecular weight excluding hydrogens is 766 g/mol. The van der Waals surface area contributed by atoms with Crippen molar-refractivity contribution in [3.8, 4) is 0 Å². The van der Waals surface area contributed by atoms with E-state index >= 15 is 0 Å². The van der Waals surface area contributed by atoms with Crippen LogP contribution in [0.25, 0.3) is 0 Å². The van der Waals surface area contributed by atoms with Gasteiger partial charge in [0.2, 0.25) is 5.76 Å². The highest BCUT2D eigenvalue weighted by atomic mass is 16.7. The molecule has 0 aliphatic carbocycles. The van der Waals surface area contributed by atoms with E-state index < -0.39 is 97.0 Å². The first kappa shape index (κ1) is 50.2. The van der Waals surface area contributed by atoms with Gasteiger partial charge in [-0.25, -0.2) is 9.59 Å². The summed E-state index contributed by atoms with van der Waals surface area (Å²) in [6, 6.07) is 0. The van der Waals surface area contributed by atoms with Crippen molar-refractivity contribution in [2.75, 3.05) is 14.2 Å². The largest absolute Gasteiger partial charge is 0.490 e. The Balaban J connectivity index is 1.98. The van der Waals surface area contributed by atoms with Gasteiger partial charge in [-0.2, -0.15) is 0 Å². The number of hydrogen-bond acceptors (Lipinski definition) is 14. The lowest BCUT2D eigenvalue weighted by Gasteiger charge is -2.49. The Labute approximate surface area is 349 Å². The smallest absolute Gasteiger partial charge is 0.404 e. The summed E-state index contributed by atoms with van der Waals surface area (Å²) in [5.74, 6) is -5.57. The minimum absolute atomic E-state index is 0.0306. The molecule has 15 heteroatoms. The third-order valence-corrected chi connectivity index (χ3v) is 12.0. The second-order valence-electron chi connectivity index (χ2n) is 16.8. The van der Waals surface area contributed by atoms with Crippen LogP contribution in [0.1, 0.15) is 88.0 Å². The van der Waals surface area contributed by atoms with Crippen LogP contribution in [0.3, 0.4) is 0 Å². The van der Waals surface area contributed by atoms with Gasteiger partial charge >= 0.3 is 12.1 Å². The number of carbonyl (C=O) groups excluding carboxylic acids is 2. The zero-order valence-corrected chi connectivity index (χ0v) is 36.6. The summed E-state index contributed by atoms with van der Waals surface area (Å²) < 4.78 is 41.2. The second kappa shape index (κ2) is 22.6. The number of amides is 1. The Bertz CT molecular complexity index is 1520. The van der Waals surface area contributed by atoms with Crippen LogP contribution in [0.4, 0.5) is 4.79 Å². The minimum atomic E-state index is -1.97. The Morgan fingerprint density at radius 2 is 1.73 bits per heavy atom. The molecule has 15 nitrogen and oxygen atoms in total. The molecule has 0 aromatic carbocycles. The van der Waals surface area contributed by atoms with Crippen LogP contribution < -0.4 is 5.73 Å². The summed E-state index contributed by atoms with van der Waals surface area (Å²) in [5, 5.41) is 57.0. The molecule has 3 rings (SSSR count). The number of hydrogen-bond donors (Lipinski definition) is 6. The van der Waals surface area contributed by atoms with Gasteiger partial charge in [-0.05, 0) is 46.1 Å². The van der Waals surface area contributed by atoms with Gasteiger partial charge in [0.1, 0.15) is 12.2 Å². The number of allylic oxidation sites excluding steroid dienone is 6. The number of aliphatic hydroxyl groups is 5. The number of primary amides is 1. The van der Waals surface area contributed by atoms with Crippen molar-refractivity contribution < 1.29 is 68.3 Å². The average Bonchev–Trinajstić information content (AvgIpc) is 3.16. The number of ether oxygens (including phenoxy) is 7. The van der Waals surface area contributed by atoms with E-state index in [-0.39, 0.29) is 42.8 Å². The van der Waals surface area contributed by atoms with Crippen LogP contribution in [0, 0.1) is 29.6 Å². The van der Waals surface area contributed by atoms with Gasteiger partial charge in [-0.15, -0.1) is 0 Å². The highest BCUT2D eigenvalue weighted by molar-refractivity contribution is 5.87. The molecule has 0 aromatic heterocycles. The van der Waals surface area contributed by atoms with Gasteiger partial charge < -0.3 is 64.4 Å². The molecule has 0 aromatic rings. The van der Waals surface area contributed by atoms with E-state index in [1.165, 1.54) is 20.3 Å². The molecule has 2 saturated heterocycles. The molecule has 0 radical (unpaired) electrons. The highest BCUT2D eigenvalue weighted by Crippen LogP contribution is 2.42. The molecular formula is C44H71NO14. The van der Waals surface area contributed by atoms with E-state index in [1.807, 2.05) is 40.7 Å². The fraction of sp³-hybridized carbons (Fsp3) is 0.727. The van der Waals surface area contributed by atoms with Gasteiger partial charge in [-0.1, -0.05) is 82.2 Å². The number of aliphatic hydroxyl groups excluding tert-OH is 4. The fourth-order valence-corrected chi connectivity index (χ4v) is 8.17. The molecule has 3 heterocycles. The molecule has 59 heavy (non-hydrogen) atoms. The number of carbonyl (C=O) groups is 2. The van der Waals surface area contributed by atoms with E-state index in [4.69, 9.17) is 38.9 Å². The quantitative estimate of drug-likeness (QED) is 0.133. The van der Waals surface area contributed by atoms with Crippen LogP contribution in [0.2, 0.25) is 0 Å². The van der Waals surface area contributed by atoms with Crippen molar-refractivity contribution in [3.05, 3.63) is 59.4 Å². The van der Waals surface area contributed by atoms with E-state index in [0.717, 1.165) is 5.57 Å². The van der Waals surface area contributed by atoms with Crippen molar-refractivity contribution in [2.24, 2.45) is 35.3 Å². The van der Waals surface area contributed by atoms with E-state index in [2.05, 4.69) is 0 Å². The topological polar surface area (TPSA) is 226 Å². The Hall–Kier alpha value is -3.12. The number of rotatable bonds is 10. The summed E-state index contributed by atoms with van der Waals surface area (Å²) in [6.45, 7) is 16.1. The van der Waals surface area contributed by atoms with E-state index in [1.54, 1.807) is 58.1 Å². The van der Waals surface area contributed by atoms with Crippen LogP contribution in [-0.2, 0) is 38.0 Å². The minimum Gasteiger partial charge on any atom is -0.490 e. The molecule has 2 fully saturated rings. The number of cyclic esters (lactones) is 1. The lowest BCUT2D eigenvalue weighted by Crippen LogP contribution is -2.59. The first-order valence-corrected chi connectivity index (χ1v) is 20.7. The third kappa shape index (κ3) is 13.7. The first-order chi connectivity index (χ1) is 27.7. The van der Waals surface area contributed by atoms with Crippen molar-refractivity contribution in [3.63, 3.8) is 0 Å². The summed E-state index contributed by atoms with van der Waals surface area (Å²) >= 11 is 0. The summed E-state index contributed by atoms with van der Waals surface area (Å²) in [6.07, 6.45) is 1.79. The normalized spacial score (nSPS) is 41.9. The van der Waals surface area contributed by atoms with Crippen LogP contribution in [-0.4, -0.2) is 125 Å². The lowest BCUT2D eigenvalue weighted by atomic mass is 9.77. The SMILES string of the molecule is C/C=C/[C@H]1O[C@@](O)([C@@H](C)[C@H](O)[C@H](C)[C@H]2OC(=O)/C(OC)=C\C(C)=C/[C@@H](C)[C@@H](O)C[C@@H](O)[C@H](C)C/C(C)=C\C=C/[C@@H]2OC)CC(OC2CC(O)C(OC(N)=O)C(C)O2)[C@@H]1C. The Kier molecular flexibility index (Phi) is 19.3. The highest BCUT2D eigenvalue weighted by Gasteiger charge is 2.52. The lowest BCUT2D eigenvalue weighted by molar-refractivity contribution is -0.338. The fourth-order valence-electron chi connectivity index (χ4n) is 8.17. The maximum absolute atomic E-state index is 13.8. The molecule has 17 atom stereocenters. The van der Waals surface area contributed by atoms with Gasteiger partial charge in [0.15, 0.2) is 18.2 Å². The third-order valence-electron chi connectivity index (χ3n) is 12.0. The number of nitrogens with two attached hydrogens (primary N) is 1. The molecule has 5 unspecified atom stereocenters. The number of esters is 1. The maximum atomic E-state index is 13.8. The molecule has 3 aliphatic heterocycles. The molecule has 336 valence electrons. The Morgan fingerprint density at radius 3 is 2.32 bits per heavy atom. The zero-order valence-electron chi connectivity index (χ0n) is 36.6. The molecule has 0 spiro atoms. The second-order valence-corrected chi connectivity index (χ2v) is 16.8. The molecule has 3 aliphatic rings. The van der Waals surface area contributed by atoms with Crippen molar-refractivity contribution >= 4 is 12.1 Å². The molecule has 0 bridgehead atoms. The zero-order chi connectivity index (χ0) is 44.4. The van der Waals surface area contributed by atoms with Crippen molar-refractivity contribution in [2.45, 2.75) is 161 Å². The van der Waals surface area contributed by atoms with Crippen molar-refractivity contribution in [1.82, 2.24) is 0 Å². The average molecular weight is 838 g/mol. The molecule has 7 N–H and O–H groups in total. The first-order valence-electron chi connectivity index (χ1n) is 20.7. The van der Waals surface area contributed by atoms with Gasteiger partial charge in [0, 0.05) is 50.0 Å². The summed E-state index contributed by atoms with van der Waals surface area (Å²) in [7, 11) is 2.80. The van der Waals surface area contributed by atoms with Crippen LogP contribution in [0.5, 0.6) is 0 Å². The van der Waals surface area contributed by atoms with Gasteiger partial charge in [0.25, 0.3) is 0 Å². The van der Waals surface area contributed by atoms with Crippen LogP contribution in [0.15, 0.2) is 59.4 Å². The molecule has 1 amide bonds. The monoisotopic (exact) mass is 837 g/mol. The summed E-state index contributed by atoms with van der Waals surface area (Å²) in [4.78, 5) is 25.2. The Morgan fingerprint density at radius 1 is 1.05 bits per heavy atom. The predicted molar refractivity (Wildman–Crippen MR) is 219 cm³/mol.